The van der Waals surface area contributed by atoms with Crippen LogP contribution in [0.1, 0.15) is 12.8 Å². The topological polar surface area (TPSA) is 24.5 Å². The molecule has 90 valence electrons. The molecule has 0 amide bonds. The molecule has 0 saturated carbocycles. The third-order valence-corrected chi connectivity index (χ3v) is 4.02. The average Bonchev–Trinajstić information content (AvgIpc) is 2.76. The third kappa shape index (κ3) is 5.76. The Balaban J connectivity index is 1.90. The van der Waals surface area contributed by atoms with Gasteiger partial charge in [0, 0.05) is 38.6 Å². The molecule has 1 aliphatic heterocycles. The fourth-order valence-corrected chi connectivity index (χ4v) is 3.07. The lowest BCUT2D eigenvalue weighted by atomic mass is 10.2. The van der Waals surface area contributed by atoms with Crippen molar-refractivity contribution in [2.24, 2.45) is 0 Å². The predicted molar refractivity (Wildman–Crippen MR) is 67.7 cm³/mol. The van der Waals surface area contributed by atoms with Crippen LogP contribution in [0.4, 0.5) is 0 Å². The lowest BCUT2D eigenvalue weighted by molar-refractivity contribution is 0.193. The number of likely N-dealkylation sites (N-methyl/N-ethyl adjacent to an activating group) is 1. The summed E-state index contributed by atoms with van der Waals surface area (Å²) < 4.78 is 5.00. The number of nitrogens with zero attached hydrogens (tertiary/aromatic N) is 1. The van der Waals surface area contributed by atoms with Crippen molar-refractivity contribution in [3.63, 3.8) is 0 Å². The van der Waals surface area contributed by atoms with Gasteiger partial charge in [-0.25, -0.2) is 0 Å². The molecular formula is C11H24N2OS. The first-order chi connectivity index (χ1) is 7.34. The summed E-state index contributed by atoms with van der Waals surface area (Å²) in [7, 11) is 4.00. The quantitative estimate of drug-likeness (QED) is 0.632. The van der Waals surface area contributed by atoms with Gasteiger partial charge in [-0.05, 0) is 32.2 Å². The predicted octanol–water partition coefficient (Wildman–Crippen LogP) is 1.05. The molecule has 1 heterocycles. The first-order valence-electron chi connectivity index (χ1n) is 5.82. The van der Waals surface area contributed by atoms with Gasteiger partial charge in [-0.3, -0.25) is 0 Å². The number of hydrogen-bond donors (Lipinski definition) is 1. The van der Waals surface area contributed by atoms with E-state index in [0.29, 0.717) is 0 Å². The van der Waals surface area contributed by atoms with Gasteiger partial charge in [0.25, 0.3) is 0 Å². The maximum Gasteiger partial charge on any atom is 0.0474 e. The van der Waals surface area contributed by atoms with Crippen molar-refractivity contribution in [1.82, 2.24) is 10.2 Å². The molecule has 1 unspecified atom stereocenters. The van der Waals surface area contributed by atoms with E-state index in [1.807, 2.05) is 0 Å². The summed E-state index contributed by atoms with van der Waals surface area (Å²) in [6.07, 6.45) is 2.48. The molecule has 4 heteroatoms. The fourth-order valence-electron chi connectivity index (χ4n) is 1.77. The fraction of sp³-hybridized carbons (Fsp3) is 1.00. The molecule has 0 radical (unpaired) electrons. The molecule has 3 nitrogen and oxygen atoms in total. The highest BCUT2D eigenvalue weighted by Gasteiger charge is 2.18. The number of methoxy groups -OCH3 is 1. The van der Waals surface area contributed by atoms with Crippen molar-refractivity contribution in [1.29, 1.82) is 0 Å². The van der Waals surface area contributed by atoms with Gasteiger partial charge in [-0.2, -0.15) is 11.8 Å². The number of thioether (sulfide) groups is 1. The van der Waals surface area contributed by atoms with Gasteiger partial charge in [-0.15, -0.1) is 0 Å². The van der Waals surface area contributed by atoms with E-state index in [2.05, 4.69) is 29.0 Å². The highest BCUT2D eigenvalue weighted by molar-refractivity contribution is 7.99. The van der Waals surface area contributed by atoms with Crippen LogP contribution in [0.5, 0.6) is 0 Å². The van der Waals surface area contributed by atoms with Crippen LogP contribution in [0.2, 0.25) is 0 Å². The van der Waals surface area contributed by atoms with Crippen molar-refractivity contribution in [2.45, 2.75) is 18.9 Å². The molecule has 15 heavy (non-hydrogen) atoms. The van der Waals surface area contributed by atoms with Crippen LogP contribution in [0.15, 0.2) is 0 Å². The Labute approximate surface area is 97.9 Å². The van der Waals surface area contributed by atoms with Crippen molar-refractivity contribution in [3.8, 4) is 0 Å². The van der Waals surface area contributed by atoms with E-state index in [1.165, 1.54) is 17.9 Å². The van der Waals surface area contributed by atoms with Crippen LogP contribution in [0.25, 0.3) is 0 Å². The third-order valence-electron chi connectivity index (χ3n) is 2.87. The molecule has 1 saturated heterocycles. The van der Waals surface area contributed by atoms with E-state index in [0.717, 1.165) is 38.7 Å². The van der Waals surface area contributed by atoms with E-state index < -0.39 is 0 Å². The first-order valence-corrected chi connectivity index (χ1v) is 6.97. The van der Waals surface area contributed by atoms with Gasteiger partial charge in [0.15, 0.2) is 0 Å². The second-order valence-electron chi connectivity index (χ2n) is 4.09. The Morgan fingerprint density at radius 3 is 3.00 bits per heavy atom. The molecule has 0 bridgehead atoms. The zero-order valence-electron chi connectivity index (χ0n) is 10.00. The van der Waals surface area contributed by atoms with Crippen molar-refractivity contribution >= 4 is 11.8 Å². The van der Waals surface area contributed by atoms with Crippen molar-refractivity contribution < 1.29 is 4.74 Å². The number of rotatable bonds is 8. The van der Waals surface area contributed by atoms with Gasteiger partial charge in [-0.1, -0.05) is 0 Å². The monoisotopic (exact) mass is 232 g/mol. The first kappa shape index (κ1) is 13.3. The van der Waals surface area contributed by atoms with Crippen LogP contribution in [-0.2, 0) is 4.74 Å². The maximum atomic E-state index is 5.00. The van der Waals surface area contributed by atoms with E-state index >= 15 is 0 Å². The Hall–Kier alpha value is 0.230. The van der Waals surface area contributed by atoms with Gasteiger partial charge >= 0.3 is 0 Å². The summed E-state index contributed by atoms with van der Waals surface area (Å²) in [6, 6.07) is 0.816. The molecule has 1 aliphatic rings. The van der Waals surface area contributed by atoms with Crippen LogP contribution >= 0.6 is 11.8 Å². The molecule has 1 fully saturated rings. The van der Waals surface area contributed by atoms with E-state index in [-0.39, 0.29) is 0 Å². The molecule has 1 atom stereocenters. The average molecular weight is 232 g/mol. The molecule has 0 spiro atoms. The molecule has 0 aliphatic carbocycles. The summed E-state index contributed by atoms with van der Waals surface area (Å²) in [5.41, 5.74) is 0. The minimum absolute atomic E-state index is 0.816. The van der Waals surface area contributed by atoms with E-state index in [9.17, 15) is 0 Å². The van der Waals surface area contributed by atoms with Gasteiger partial charge in [0.1, 0.15) is 0 Å². The summed E-state index contributed by atoms with van der Waals surface area (Å²) in [5, 5.41) is 3.45. The summed E-state index contributed by atoms with van der Waals surface area (Å²) in [4.78, 5) is 2.49. The van der Waals surface area contributed by atoms with Gasteiger partial charge < -0.3 is 15.0 Å². The largest absolute Gasteiger partial charge is 0.385 e. The lowest BCUT2D eigenvalue weighted by Crippen LogP contribution is -2.37. The van der Waals surface area contributed by atoms with Crippen LogP contribution in [-0.4, -0.2) is 62.8 Å². The van der Waals surface area contributed by atoms with E-state index in [4.69, 9.17) is 4.74 Å². The van der Waals surface area contributed by atoms with Crippen molar-refractivity contribution in [2.75, 3.05) is 51.9 Å². The number of nitrogens with one attached hydrogen (secondary N) is 1. The standard InChI is InChI=1S/C11H24N2OS/c1-13(11-4-9-15-10-11)7-6-12-5-3-8-14-2/h11-12H,3-10H2,1-2H3. The van der Waals surface area contributed by atoms with Gasteiger partial charge in [0.05, 0.1) is 0 Å². The SMILES string of the molecule is COCCCNCCN(C)C1CCSC1. The molecule has 0 aromatic heterocycles. The second kappa shape index (κ2) is 8.39. The number of hydrogen-bond acceptors (Lipinski definition) is 4. The smallest absolute Gasteiger partial charge is 0.0474 e. The molecule has 1 rings (SSSR count). The van der Waals surface area contributed by atoms with Gasteiger partial charge in [0.2, 0.25) is 0 Å². The summed E-state index contributed by atoms with van der Waals surface area (Å²) in [5.74, 6) is 2.66. The molecule has 1 N–H and O–H groups in total. The minimum Gasteiger partial charge on any atom is -0.385 e. The van der Waals surface area contributed by atoms with Crippen LogP contribution < -0.4 is 5.32 Å². The second-order valence-corrected chi connectivity index (χ2v) is 5.24. The summed E-state index contributed by atoms with van der Waals surface area (Å²) in [6.45, 7) is 4.20. The van der Waals surface area contributed by atoms with Crippen molar-refractivity contribution in [3.05, 3.63) is 0 Å². The zero-order chi connectivity index (χ0) is 10.9. The minimum atomic E-state index is 0.816. The highest BCUT2D eigenvalue weighted by atomic mass is 32.2. The molecular weight excluding hydrogens is 208 g/mol. The Morgan fingerprint density at radius 2 is 2.33 bits per heavy atom. The molecule has 0 aromatic rings. The zero-order valence-corrected chi connectivity index (χ0v) is 10.8. The Morgan fingerprint density at radius 1 is 1.47 bits per heavy atom. The maximum absolute atomic E-state index is 5.00. The molecule has 0 aromatic carbocycles. The van der Waals surface area contributed by atoms with Crippen LogP contribution in [0.3, 0.4) is 0 Å². The highest BCUT2D eigenvalue weighted by Crippen LogP contribution is 2.20. The normalized spacial score (nSPS) is 21.4. The van der Waals surface area contributed by atoms with Crippen LogP contribution in [0, 0.1) is 0 Å². The Kier molecular flexibility index (Phi) is 7.44. The van der Waals surface area contributed by atoms with E-state index in [1.54, 1.807) is 7.11 Å². The number of ether oxygens (including phenoxy) is 1. The Bertz CT molecular complexity index is 152. The summed E-state index contributed by atoms with van der Waals surface area (Å²) >= 11 is 2.08. The lowest BCUT2D eigenvalue weighted by Gasteiger charge is -2.23.